The van der Waals surface area contributed by atoms with Crippen LogP contribution in [-0.2, 0) is 16.7 Å². The van der Waals surface area contributed by atoms with E-state index in [1.54, 1.807) is 6.21 Å². The summed E-state index contributed by atoms with van der Waals surface area (Å²) >= 11 is 0. The summed E-state index contributed by atoms with van der Waals surface area (Å²) in [6.45, 7) is 0.668. The number of hydrogen-bond donors (Lipinski definition) is 1. The van der Waals surface area contributed by atoms with Crippen LogP contribution < -0.4 is 14.4 Å². The highest BCUT2D eigenvalue weighted by molar-refractivity contribution is 7.85. The molecule has 0 spiro atoms. The molecular weight excluding hydrogens is 474 g/mol. The number of aryl methyl sites for hydroxylation is 1. The summed E-state index contributed by atoms with van der Waals surface area (Å²) in [5, 5.41) is 8.97. The third-order valence-corrected chi connectivity index (χ3v) is 6.47. The van der Waals surface area contributed by atoms with E-state index in [-0.39, 0.29) is 5.75 Å². The van der Waals surface area contributed by atoms with E-state index in [4.69, 9.17) is 4.55 Å². The molecule has 0 aliphatic heterocycles. The van der Waals surface area contributed by atoms with Crippen molar-refractivity contribution in [1.29, 1.82) is 0 Å². The molecule has 2 aromatic carbocycles. The smallest absolute Gasteiger partial charge is 0.264 e. The van der Waals surface area contributed by atoms with Gasteiger partial charge in [-0.05, 0) is 30.7 Å². The topological polar surface area (TPSA) is 89.4 Å². The molecule has 0 saturated heterocycles. The molecule has 3 rings (SSSR count). The zero-order chi connectivity index (χ0) is 26.1. The SMILES string of the molecule is CN(C)c1ccc(C(=NN=Cc2cc[n+](CCCCS(=O)(=O)O)cc2)c2ccc(N(C)C)cc2)cc1. The van der Waals surface area contributed by atoms with E-state index >= 15 is 0 Å². The Balaban J connectivity index is 1.77. The molecule has 1 heterocycles. The molecule has 190 valence electrons. The van der Waals surface area contributed by atoms with Crippen LogP contribution in [-0.4, -0.2) is 58.8 Å². The minimum absolute atomic E-state index is 0.214. The summed E-state index contributed by atoms with van der Waals surface area (Å²) in [4.78, 5) is 4.11. The number of pyridine rings is 1. The number of rotatable bonds is 11. The lowest BCUT2D eigenvalue weighted by atomic mass is 10.0. The van der Waals surface area contributed by atoms with Gasteiger partial charge in [-0.15, -0.1) is 5.10 Å². The van der Waals surface area contributed by atoms with Crippen molar-refractivity contribution >= 4 is 33.4 Å². The zero-order valence-electron chi connectivity index (χ0n) is 21.2. The van der Waals surface area contributed by atoms with Gasteiger partial charge in [0, 0.05) is 74.8 Å². The molecule has 0 unspecified atom stereocenters. The Morgan fingerprint density at radius 1 is 0.833 bits per heavy atom. The summed E-state index contributed by atoms with van der Waals surface area (Å²) in [7, 11) is 4.15. The van der Waals surface area contributed by atoms with Crippen LogP contribution in [0.15, 0.2) is 83.3 Å². The Morgan fingerprint density at radius 2 is 1.33 bits per heavy atom. The van der Waals surface area contributed by atoms with E-state index < -0.39 is 10.1 Å². The van der Waals surface area contributed by atoms with Crippen molar-refractivity contribution in [2.45, 2.75) is 19.4 Å². The van der Waals surface area contributed by atoms with Crippen molar-refractivity contribution in [1.82, 2.24) is 0 Å². The van der Waals surface area contributed by atoms with Crippen LogP contribution in [0.25, 0.3) is 0 Å². The Labute approximate surface area is 214 Å². The third-order valence-electron chi connectivity index (χ3n) is 5.66. The van der Waals surface area contributed by atoms with E-state index in [1.165, 1.54) is 0 Å². The highest BCUT2D eigenvalue weighted by Crippen LogP contribution is 2.19. The van der Waals surface area contributed by atoms with E-state index in [9.17, 15) is 8.42 Å². The summed E-state index contributed by atoms with van der Waals surface area (Å²) in [6.07, 6.45) is 6.62. The molecule has 1 N–H and O–H groups in total. The molecule has 0 amide bonds. The summed E-state index contributed by atoms with van der Waals surface area (Å²) in [5.74, 6) is -0.214. The van der Waals surface area contributed by atoms with Crippen LogP contribution >= 0.6 is 0 Å². The van der Waals surface area contributed by atoms with Gasteiger partial charge in [-0.2, -0.15) is 13.5 Å². The molecule has 0 aliphatic carbocycles. The largest absolute Gasteiger partial charge is 0.378 e. The molecule has 0 bridgehead atoms. The number of benzene rings is 2. The average molecular weight is 509 g/mol. The van der Waals surface area contributed by atoms with Crippen LogP contribution in [0.3, 0.4) is 0 Å². The number of anilines is 2. The molecule has 3 aromatic rings. The predicted octanol–water partition coefficient (Wildman–Crippen LogP) is 3.65. The van der Waals surface area contributed by atoms with E-state index in [0.717, 1.165) is 33.8 Å². The van der Waals surface area contributed by atoms with Crippen LogP contribution in [0.1, 0.15) is 29.5 Å². The molecular formula is C27H34N5O3S+. The van der Waals surface area contributed by atoms with Crippen molar-refractivity contribution < 1.29 is 17.5 Å². The van der Waals surface area contributed by atoms with E-state index in [0.29, 0.717) is 19.4 Å². The van der Waals surface area contributed by atoms with Crippen LogP contribution in [0.2, 0.25) is 0 Å². The maximum Gasteiger partial charge on any atom is 0.264 e. The monoisotopic (exact) mass is 508 g/mol. The quantitative estimate of drug-likeness (QED) is 0.140. The van der Waals surface area contributed by atoms with E-state index in [1.807, 2.05) is 57.3 Å². The number of aromatic nitrogens is 1. The lowest BCUT2D eigenvalue weighted by molar-refractivity contribution is -0.697. The van der Waals surface area contributed by atoms with Gasteiger partial charge in [0.15, 0.2) is 12.4 Å². The summed E-state index contributed by atoms with van der Waals surface area (Å²) < 4.78 is 32.4. The van der Waals surface area contributed by atoms with Gasteiger partial charge < -0.3 is 9.80 Å². The van der Waals surface area contributed by atoms with Gasteiger partial charge in [0.2, 0.25) is 0 Å². The second kappa shape index (κ2) is 12.4. The molecule has 0 fully saturated rings. The Morgan fingerprint density at radius 3 is 1.78 bits per heavy atom. The van der Waals surface area contributed by atoms with Crippen LogP contribution in [0.4, 0.5) is 11.4 Å². The second-order valence-corrected chi connectivity index (χ2v) is 10.5. The molecule has 0 radical (unpaired) electrons. The Kier molecular flexibility index (Phi) is 9.32. The van der Waals surface area contributed by atoms with Crippen LogP contribution in [0, 0.1) is 0 Å². The minimum Gasteiger partial charge on any atom is -0.378 e. The highest BCUT2D eigenvalue weighted by Gasteiger charge is 2.09. The number of unbranched alkanes of at least 4 members (excludes halogenated alkanes) is 1. The van der Waals surface area contributed by atoms with Crippen molar-refractivity contribution in [3.05, 3.63) is 89.7 Å². The third kappa shape index (κ3) is 8.28. The van der Waals surface area contributed by atoms with Gasteiger partial charge in [-0.3, -0.25) is 4.55 Å². The van der Waals surface area contributed by atoms with Gasteiger partial charge >= 0.3 is 0 Å². The normalized spacial score (nSPS) is 11.5. The molecule has 1 aromatic heterocycles. The first-order valence-corrected chi connectivity index (χ1v) is 13.3. The lowest BCUT2D eigenvalue weighted by Crippen LogP contribution is -2.32. The van der Waals surface area contributed by atoms with Crippen LogP contribution in [0.5, 0.6) is 0 Å². The van der Waals surface area contributed by atoms with Crippen molar-refractivity contribution in [3.8, 4) is 0 Å². The fourth-order valence-electron chi connectivity index (χ4n) is 3.55. The molecule has 36 heavy (non-hydrogen) atoms. The molecule has 0 saturated carbocycles. The minimum atomic E-state index is -3.90. The van der Waals surface area contributed by atoms with Crippen molar-refractivity contribution in [2.75, 3.05) is 43.7 Å². The highest BCUT2D eigenvalue weighted by atomic mass is 32.2. The maximum absolute atomic E-state index is 10.8. The summed E-state index contributed by atoms with van der Waals surface area (Å²) in [5.41, 5.74) is 5.86. The summed E-state index contributed by atoms with van der Waals surface area (Å²) in [6, 6.07) is 20.3. The molecule has 0 atom stereocenters. The predicted molar refractivity (Wildman–Crippen MR) is 147 cm³/mol. The first-order chi connectivity index (χ1) is 17.1. The van der Waals surface area contributed by atoms with Gasteiger partial charge in [0.05, 0.1) is 12.0 Å². The number of hydrogen-bond acceptors (Lipinski definition) is 6. The lowest BCUT2D eigenvalue weighted by Gasteiger charge is -2.15. The number of nitrogens with zero attached hydrogens (tertiary/aromatic N) is 5. The zero-order valence-corrected chi connectivity index (χ0v) is 22.1. The fraction of sp³-hybridized carbons (Fsp3) is 0.296. The van der Waals surface area contributed by atoms with Gasteiger partial charge in [-0.25, -0.2) is 4.57 Å². The standard InChI is InChI=1S/C27H33N5O3S/c1-30(2)25-11-7-23(8-12-25)27(24-9-13-26(14-10-24)31(3)4)29-28-21-22-15-18-32(19-16-22)17-5-6-20-36(33,34)35/h7-16,18-19,21H,5-6,17,20H2,1-4H3/p+1. The second-order valence-electron chi connectivity index (χ2n) is 8.94. The molecule has 0 aliphatic rings. The molecule has 9 heteroatoms. The first-order valence-electron chi connectivity index (χ1n) is 11.7. The Hall–Kier alpha value is -3.56. The first kappa shape index (κ1) is 27.0. The van der Waals surface area contributed by atoms with Gasteiger partial charge in [0.25, 0.3) is 10.1 Å². The van der Waals surface area contributed by atoms with Crippen molar-refractivity contribution in [2.24, 2.45) is 10.2 Å². The fourth-order valence-corrected chi connectivity index (χ4v) is 4.12. The van der Waals surface area contributed by atoms with E-state index in [2.05, 4.69) is 68.5 Å². The van der Waals surface area contributed by atoms with Gasteiger partial charge in [0.1, 0.15) is 12.3 Å². The maximum atomic E-state index is 10.8. The van der Waals surface area contributed by atoms with Crippen molar-refractivity contribution in [3.63, 3.8) is 0 Å². The average Bonchev–Trinajstić information content (AvgIpc) is 2.85. The van der Waals surface area contributed by atoms with Gasteiger partial charge in [-0.1, -0.05) is 24.3 Å². The Bertz CT molecular complexity index is 1230. The molecule has 8 nitrogen and oxygen atoms in total.